The largest absolute Gasteiger partial charge is 0.497 e. The Balaban J connectivity index is 1.31. The fourth-order valence-electron chi connectivity index (χ4n) is 5.01. The van der Waals surface area contributed by atoms with Crippen LogP contribution in [-0.2, 0) is 4.74 Å². The number of rotatable bonds is 7. The molecule has 2 aliphatic rings. The van der Waals surface area contributed by atoms with Gasteiger partial charge in [0.05, 0.1) is 31.6 Å². The highest BCUT2D eigenvalue weighted by Gasteiger charge is 2.28. The van der Waals surface area contributed by atoms with Crippen LogP contribution in [0.4, 0.5) is 0 Å². The molecule has 3 aromatic rings. The first-order chi connectivity index (χ1) is 17.2. The van der Waals surface area contributed by atoms with Crippen LogP contribution in [0, 0.1) is 5.92 Å². The van der Waals surface area contributed by atoms with Gasteiger partial charge >= 0.3 is 0 Å². The molecule has 184 valence electrons. The van der Waals surface area contributed by atoms with E-state index in [1.807, 2.05) is 65.7 Å². The van der Waals surface area contributed by atoms with Crippen LogP contribution in [0.3, 0.4) is 0 Å². The van der Waals surface area contributed by atoms with Gasteiger partial charge in [0.25, 0.3) is 5.91 Å². The highest BCUT2D eigenvalue weighted by molar-refractivity contribution is 6.00. The number of morpholine rings is 1. The van der Waals surface area contributed by atoms with E-state index in [1.54, 1.807) is 11.8 Å². The summed E-state index contributed by atoms with van der Waals surface area (Å²) in [6, 6.07) is 17.7. The standard InChI is InChI=1S/C28H34N4O3/c1-34-25-9-5-6-23(20-25)27-26(21-32(29-27)24-7-3-2-4-8-24)28(33)31-14-11-22(12-15-31)10-13-30-16-18-35-19-17-30/h2-9,20-22H,10-19H2,1H3. The van der Waals surface area contributed by atoms with E-state index in [1.165, 1.54) is 6.42 Å². The maximum Gasteiger partial charge on any atom is 0.257 e. The number of amides is 1. The summed E-state index contributed by atoms with van der Waals surface area (Å²) in [5.74, 6) is 1.47. The fraction of sp³-hybridized carbons (Fsp3) is 0.429. The van der Waals surface area contributed by atoms with Gasteiger partial charge in [0.2, 0.25) is 0 Å². The monoisotopic (exact) mass is 474 g/mol. The lowest BCUT2D eigenvalue weighted by molar-refractivity contribution is 0.0332. The van der Waals surface area contributed by atoms with Gasteiger partial charge in [-0.3, -0.25) is 9.69 Å². The molecule has 1 aromatic heterocycles. The molecule has 1 amide bonds. The number of nitrogens with zero attached hydrogens (tertiary/aromatic N) is 4. The number of likely N-dealkylation sites (tertiary alicyclic amines) is 1. The van der Waals surface area contributed by atoms with Gasteiger partial charge in [0.1, 0.15) is 11.4 Å². The van der Waals surface area contributed by atoms with E-state index in [0.29, 0.717) is 17.2 Å². The second-order valence-electron chi connectivity index (χ2n) is 9.38. The third-order valence-corrected chi connectivity index (χ3v) is 7.17. The van der Waals surface area contributed by atoms with Gasteiger partial charge in [-0.25, -0.2) is 4.68 Å². The van der Waals surface area contributed by atoms with Gasteiger partial charge < -0.3 is 14.4 Å². The number of ether oxygens (including phenoxy) is 2. The van der Waals surface area contributed by atoms with Gasteiger partial charge in [-0.05, 0) is 56.0 Å². The van der Waals surface area contributed by atoms with Crippen LogP contribution in [0.2, 0.25) is 0 Å². The summed E-state index contributed by atoms with van der Waals surface area (Å²) in [7, 11) is 1.65. The van der Waals surface area contributed by atoms with Crippen LogP contribution in [-0.4, -0.2) is 78.5 Å². The van der Waals surface area contributed by atoms with Crippen molar-refractivity contribution in [2.75, 3.05) is 53.0 Å². The molecule has 0 unspecified atom stereocenters. The van der Waals surface area contributed by atoms with Gasteiger partial charge in [-0.1, -0.05) is 30.3 Å². The first kappa shape index (κ1) is 23.6. The Morgan fingerprint density at radius 1 is 1.03 bits per heavy atom. The maximum atomic E-state index is 13.7. The minimum Gasteiger partial charge on any atom is -0.497 e. The molecule has 0 aliphatic carbocycles. The molecule has 2 aliphatic heterocycles. The Kier molecular flexibility index (Phi) is 7.45. The average molecular weight is 475 g/mol. The van der Waals surface area contributed by atoms with Crippen LogP contribution in [0.1, 0.15) is 29.6 Å². The highest BCUT2D eigenvalue weighted by atomic mass is 16.5. The molecule has 0 saturated carbocycles. The van der Waals surface area contributed by atoms with E-state index in [0.717, 1.165) is 75.8 Å². The number of hydrogen-bond acceptors (Lipinski definition) is 5. The lowest BCUT2D eigenvalue weighted by Gasteiger charge is -2.34. The summed E-state index contributed by atoms with van der Waals surface area (Å²) >= 11 is 0. The quantitative estimate of drug-likeness (QED) is 0.516. The van der Waals surface area contributed by atoms with E-state index >= 15 is 0 Å². The first-order valence-corrected chi connectivity index (χ1v) is 12.6. The number of aromatic nitrogens is 2. The Morgan fingerprint density at radius 3 is 2.54 bits per heavy atom. The average Bonchev–Trinajstić information content (AvgIpc) is 3.39. The maximum absolute atomic E-state index is 13.7. The summed E-state index contributed by atoms with van der Waals surface area (Å²) in [4.78, 5) is 18.2. The number of carbonyl (C=O) groups is 1. The fourth-order valence-corrected chi connectivity index (χ4v) is 5.01. The smallest absolute Gasteiger partial charge is 0.257 e. The van der Waals surface area contributed by atoms with Crippen molar-refractivity contribution in [3.05, 3.63) is 66.4 Å². The second kappa shape index (κ2) is 11.1. The van der Waals surface area contributed by atoms with Crippen molar-refractivity contribution < 1.29 is 14.3 Å². The van der Waals surface area contributed by atoms with E-state index < -0.39 is 0 Å². The van der Waals surface area contributed by atoms with Crippen molar-refractivity contribution >= 4 is 5.91 Å². The first-order valence-electron chi connectivity index (χ1n) is 12.6. The molecule has 3 heterocycles. The Bertz CT molecular complexity index is 1120. The second-order valence-corrected chi connectivity index (χ2v) is 9.38. The minimum atomic E-state index is 0.0524. The topological polar surface area (TPSA) is 59.8 Å². The zero-order valence-corrected chi connectivity index (χ0v) is 20.4. The summed E-state index contributed by atoms with van der Waals surface area (Å²) in [6.45, 7) is 6.48. The molecule has 0 spiro atoms. The number of piperidine rings is 1. The summed E-state index contributed by atoms with van der Waals surface area (Å²) in [5, 5.41) is 4.84. The van der Waals surface area contributed by atoms with Gasteiger partial charge in [-0.15, -0.1) is 0 Å². The summed E-state index contributed by atoms with van der Waals surface area (Å²) in [5.41, 5.74) is 3.13. The van der Waals surface area contributed by atoms with Crippen LogP contribution in [0.15, 0.2) is 60.8 Å². The predicted octanol–water partition coefficient (Wildman–Crippen LogP) is 4.12. The van der Waals surface area contributed by atoms with Crippen LogP contribution < -0.4 is 4.74 Å². The lowest BCUT2D eigenvalue weighted by atomic mass is 9.92. The minimum absolute atomic E-state index is 0.0524. The molecular formula is C28H34N4O3. The molecule has 5 rings (SSSR count). The number of benzene rings is 2. The van der Waals surface area contributed by atoms with Gasteiger partial charge in [0, 0.05) is 37.9 Å². The summed E-state index contributed by atoms with van der Waals surface area (Å²) < 4.78 is 12.7. The van der Waals surface area contributed by atoms with Crippen molar-refractivity contribution in [1.29, 1.82) is 0 Å². The van der Waals surface area contributed by atoms with E-state index in [-0.39, 0.29) is 5.91 Å². The highest BCUT2D eigenvalue weighted by Crippen LogP contribution is 2.29. The summed E-state index contributed by atoms with van der Waals surface area (Å²) in [6.07, 6.45) is 5.18. The molecule has 2 fully saturated rings. The Hall–Kier alpha value is -3.16. The van der Waals surface area contributed by atoms with E-state index in [2.05, 4.69) is 4.90 Å². The molecular weight excluding hydrogens is 440 g/mol. The van der Waals surface area contributed by atoms with Crippen molar-refractivity contribution in [1.82, 2.24) is 19.6 Å². The SMILES string of the molecule is COc1cccc(-c2nn(-c3ccccc3)cc2C(=O)N2CCC(CCN3CCOCC3)CC2)c1. The van der Waals surface area contributed by atoms with Crippen LogP contribution >= 0.6 is 0 Å². The van der Waals surface area contributed by atoms with Crippen LogP contribution in [0.25, 0.3) is 16.9 Å². The molecule has 7 nitrogen and oxygen atoms in total. The zero-order chi connectivity index (χ0) is 24.0. The van der Waals surface area contributed by atoms with Gasteiger partial charge in [0.15, 0.2) is 0 Å². The molecule has 7 heteroatoms. The third-order valence-electron chi connectivity index (χ3n) is 7.17. The molecule has 0 atom stereocenters. The zero-order valence-electron chi connectivity index (χ0n) is 20.4. The van der Waals surface area contributed by atoms with E-state index in [4.69, 9.17) is 14.6 Å². The Morgan fingerprint density at radius 2 is 1.80 bits per heavy atom. The van der Waals surface area contributed by atoms with Crippen LogP contribution in [0.5, 0.6) is 5.75 Å². The molecule has 0 radical (unpaired) electrons. The number of hydrogen-bond donors (Lipinski definition) is 0. The lowest BCUT2D eigenvalue weighted by Crippen LogP contribution is -2.40. The van der Waals surface area contributed by atoms with Gasteiger partial charge in [-0.2, -0.15) is 5.10 Å². The third kappa shape index (κ3) is 5.57. The normalized spacial score (nSPS) is 17.5. The number of methoxy groups -OCH3 is 1. The van der Waals surface area contributed by atoms with Crippen molar-refractivity contribution in [2.45, 2.75) is 19.3 Å². The van der Waals surface area contributed by atoms with Crippen molar-refractivity contribution in [3.63, 3.8) is 0 Å². The van der Waals surface area contributed by atoms with Crippen molar-refractivity contribution in [3.8, 4) is 22.7 Å². The van der Waals surface area contributed by atoms with E-state index in [9.17, 15) is 4.79 Å². The molecule has 2 saturated heterocycles. The molecule has 0 N–H and O–H groups in total. The molecule has 35 heavy (non-hydrogen) atoms. The Labute approximate surface area is 207 Å². The number of carbonyl (C=O) groups excluding carboxylic acids is 1. The predicted molar refractivity (Wildman–Crippen MR) is 136 cm³/mol. The molecule has 2 aromatic carbocycles. The van der Waals surface area contributed by atoms with Crippen molar-refractivity contribution in [2.24, 2.45) is 5.92 Å². The molecule has 0 bridgehead atoms. The number of para-hydroxylation sites is 1.